The highest BCUT2D eigenvalue weighted by atomic mass is 16.7. The number of carbonyl (C=O) groups excluding carboxylic acids is 1. The SMILES string of the molecule is CC[C@H]1OC(=O)[C@H](C)[C@@H](O)[C@H](C)[C@@H](OC2CC(N(C)C(C)C)CC(C)O2)[C@@]2(C)CC(C)=C(O2)[C@H](C)[C@@H](O)[C@]1(C)O. The van der Waals surface area contributed by atoms with Gasteiger partial charge in [0.2, 0.25) is 0 Å². The zero-order valence-corrected chi connectivity index (χ0v) is 26.5. The summed E-state index contributed by atoms with van der Waals surface area (Å²) in [4.78, 5) is 15.6. The molecule has 40 heavy (non-hydrogen) atoms. The first-order chi connectivity index (χ1) is 18.4. The molecule has 0 amide bonds. The second kappa shape index (κ2) is 12.6. The van der Waals surface area contributed by atoms with Crippen molar-refractivity contribution in [3.8, 4) is 0 Å². The first-order valence-corrected chi connectivity index (χ1v) is 15.1. The van der Waals surface area contributed by atoms with E-state index in [1.54, 1.807) is 13.8 Å². The molecule has 3 N–H and O–H groups in total. The van der Waals surface area contributed by atoms with E-state index in [2.05, 4.69) is 25.8 Å². The Bertz CT molecular complexity index is 921. The Morgan fingerprint density at radius 1 is 1.10 bits per heavy atom. The molecule has 2 bridgehead atoms. The summed E-state index contributed by atoms with van der Waals surface area (Å²) in [7, 11) is 2.12. The van der Waals surface area contributed by atoms with Crippen molar-refractivity contribution in [3.63, 3.8) is 0 Å². The number of cyclic esters (lactones) is 1. The molecule has 232 valence electrons. The van der Waals surface area contributed by atoms with Gasteiger partial charge in [-0.1, -0.05) is 20.8 Å². The van der Waals surface area contributed by atoms with E-state index in [9.17, 15) is 20.1 Å². The number of carbonyl (C=O) groups is 1. The van der Waals surface area contributed by atoms with Crippen LogP contribution in [0.15, 0.2) is 11.3 Å². The third kappa shape index (κ3) is 6.55. The maximum absolute atomic E-state index is 13.2. The first kappa shape index (κ1) is 33.3. The quantitative estimate of drug-likeness (QED) is 0.425. The molecule has 0 radical (unpaired) electrons. The summed E-state index contributed by atoms with van der Waals surface area (Å²) in [6.45, 7) is 18.9. The molecule has 0 spiro atoms. The minimum absolute atomic E-state index is 0.00931. The third-order valence-corrected chi connectivity index (χ3v) is 9.79. The summed E-state index contributed by atoms with van der Waals surface area (Å²) in [5.74, 6) is -2.03. The number of ether oxygens (including phenoxy) is 4. The highest BCUT2D eigenvalue weighted by Crippen LogP contribution is 2.46. The van der Waals surface area contributed by atoms with Crippen molar-refractivity contribution in [1.29, 1.82) is 0 Å². The summed E-state index contributed by atoms with van der Waals surface area (Å²) >= 11 is 0. The predicted octanol–water partition coefficient (Wildman–Crippen LogP) is 3.77. The van der Waals surface area contributed by atoms with Crippen LogP contribution in [0.1, 0.15) is 94.9 Å². The fourth-order valence-corrected chi connectivity index (χ4v) is 7.01. The van der Waals surface area contributed by atoms with E-state index in [0.717, 1.165) is 12.0 Å². The second-order valence-corrected chi connectivity index (χ2v) is 13.5. The molecule has 9 heteroatoms. The van der Waals surface area contributed by atoms with Crippen LogP contribution in [-0.4, -0.2) is 93.3 Å². The average molecular weight is 570 g/mol. The van der Waals surface area contributed by atoms with Crippen molar-refractivity contribution in [2.24, 2.45) is 17.8 Å². The summed E-state index contributed by atoms with van der Waals surface area (Å²) in [5, 5.41) is 34.3. The number of rotatable bonds is 5. The Hall–Kier alpha value is -1.23. The molecule has 2 fully saturated rings. The average Bonchev–Trinajstić information content (AvgIpc) is 3.20. The molecule has 2 saturated heterocycles. The molecule has 3 aliphatic rings. The van der Waals surface area contributed by atoms with E-state index in [4.69, 9.17) is 18.9 Å². The molecule has 3 heterocycles. The Labute approximate surface area is 241 Å². The minimum Gasteiger partial charge on any atom is -0.489 e. The molecule has 12 atom stereocenters. The lowest BCUT2D eigenvalue weighted by Crippen LogP contribution is -2.54. The van der Waals surface area contributed by atoms with Crippen LogP contribution in [0.2, 0.25) is 0 Å². The number of nitrogens with zero attached hydrogens (tertiary/aromatic N) is 1. The zero-order valence-electron chi connectivity index (χ0n) is 26.5. The number of esters is 1. The maximum atomic E-state index is 13.2. The molecule has 9 nitrogen and oxygen atoms in total. The summed E-state index contributed by atoms with van der Waals surface area (Å²) in [6, 6.07) is 0.643. The van der Waals surface area contributed by atoms with Gasteiger partial charge in [0, 0.05) is 36.8 Å². The van der Waals surface area contributed by atoms with Crippen molar-refractivity contribution >= 4 is 5.97 Å². The number of hydrogen-bond donors (Lipinski definition) is 3. The van der Waals surface area contributed by atoms with Crippen LogP contribution in [0.4, 0.5) is 0 Å². The van der Waals surface area contributed by atoms with E-state index in [0.29, 0.717) is 31.1 Å². The normalized spacial score (nSPS) is 45.5. The summed E-state index contributed by atoms with van der Waals surface area (Å²) in [6.07, 6.45) is -2.13. The Morgan fingerprint density at radius 3 is 2.30 bits per heavy atom. The van der Waals surface area contributed by atoms with E-state index in [1.165, 1.54) is 6.92 Å². The van der Waals surface area contributed by atoms with Gasteiger partial charge in [0.05, 0.1) is 24.2 Å². The fourth-order valence-electron chi connectivity index (χ4n) is 7.01. The molecule has 0 aliphatic carbocycles. The fraction of sp³-hybridized carbons (Fsp3) is 0.903. The Morgan fingerprint density at radius 2 is 1.73 bits per heavy atom. The van der Waals surface area contributed by atoms with E-state index < -0.39 is 65.6 Å². The number of fused-ring (bicyclic) bond motifs is 2. The van der Waals surface area contributed by atoms with Crippen LogP contribution in [0.25, 0.3) is 0 Å². The molecule has 0 saturated carbocycles. The summed E-state index contributed by atoms with van der Waals surface area (Å²) < 4.78 is 25.5. The van der Waals surface area contributed by atoms with Crippen molar-refractivity contribution < 1.29 is 39.1 Å². The van der Waals surface area contributed by atoms with Crippen molar-refractivity contribution in [2.75, 3.05) is 7.05 Å². The first-order valence-electron chi connectivity index (χ1n) is 15.1. The molecule has 0 aromatic carbocycles. The van der Waals surface area contributed by atoms with Gasteiger partial charge >= 0.3 is 5.97 Å². The summed E-state index contributed by atoms with van der Waals surface area (Å²) in [5.41, 5.74) is -1.68. The molecular weight excluding hydrogens is 514 g/mol. The van der Waals surface area contributed by atoms with Crippen LogP contribution >= 0.6 is 0 Å². The standard InChI is InChI=1S/C31H55NO8/c1-12-23-31(10,36)27(34)21(8)26-17(4)15-30(9,40-26)28(19(6)25(33)20(7)29(35)38-23)39-24-14-22(13-18(5)37-24)32(11)16(2)3/h16,18-25,27-28,33-34,36H,12-15H2,1-11H3/t18?,19-,20+,21-,22?,23+,24?,25-,27+,28+,30+,31+/m0/s1. The second-order valence-electron chi connectivity index (χ2n) is 13.5. The van der Waals surface area contributed by atoms with Crippen LogP contribution in [0, 0.1) is 17.8 Å². The van der Waals surface area contributed by atoms with Gasteiger partial charge in [0.15, 0.2) is 6.29 Å². The highest BCUT2D eigenvalue weighted by Gasteiger charge is 2.53. The van der Waals surface area contributed by atoms with Crippen molar-refractivity contribution in [3.05, 3.63) is 11.3 Å². The van der Waals surface area contributed by atoms with Crippen LogP contribution in [0.3, 0.4) is 0 Å². The minimum atomic E-state index is -1.73. The lowest BCUT2D eigenvalue weighted by molar-refractivity contribution is -0.266. The van der Waals surface area contributed by atoms with Crippen LogP contribution in [0.5, 0.6) is 0 Å². The highest BCUT2D eigenvalue weighted by molar-refractivity contribution is 5.73. The van der Waals surface area contributed by atoms with Gasteiger partial charge in [-0.15, -0.1) is 0 Å². The third-order valence-electron chi connectivity index (χ3n) is 9.79. The Kier molecular flexibility index (Phi) is 10.4. The smallest absolute Gasteiger partial charge is 0.311 e. The largest absolute Gasteiger partial charge is 0.489 e. The zero-order chi connectivity index (χ0) is 30.3. The van der Waals surface area contributed by atoms with E-state index >= 15 is 0 Å². The van der Waals surface area contributed by atoms with E-state index in [-0.39, 0.29) is 12.1 Å². The number of hydrogen-bond acceptors (Lipinski definition) is 9. The van der Waals surface area contributed by atoms with Gasteiger partial charge in [-0.3, -0.25) is 4.79 Å². The predicted molar refractivity (Wildman–Crippen MR) is 152 cm³/mol. The van der Waals surface area contributed by atoms with Crippen LogP contribution in [-0.2, 0) is 23.7 Å². The Balaban J connectivity index is 2.02. The topological polar surface area (TPSA) is 118 Å². The monoisotopic (exact) mass is 569 g/mol. The molecule has 3 rings (SSSR count). The molecule has 3 unspecified atom stereocenters. The van der Waals surface area contributed by atoms with Crippen molar-refractivity contribution in [2.45, 2.75) is 155 Å². The lowest BCUT2D eigenvalue weighted by Gasteiger charge is -2.45. The molecule has 0 aromatic heterocycles. The maximum Gasteiger partial charge on any atom is 0.311 e. The van der Waals surface area contributed by atoms with Gasteiger partial charge in [0.25, 0.3) is 0 Å². The lowest BCUT2D eigenvalue weighted by atomic mass is 9.79. The molecular formula is C31H55NO8. The van der Waals surface area contributed by atoms with E-state index in [1.807, 2.05) is 34.6 Å². The van der Waals surface area contributed by atoms with Gasteiger partial charge in [-0.25, -0.2) is 0 Å². The van der Waals surface area contributed by atoms with Gasteiger partial charge < -0.3 is 39.2 Å². The number of aliphatic hydroxyl groups is 3. The van der Waals surface area contributed by atoms with Crippen LogP contribution < -0.4 is 0 Å². The molecule has 0 aromatic rings. The molecule has 3 aliphatic heterocycles. The van der Waals surface area contributed by atoms with Gasteiger partial charge in [-0.05, 0) is 73.9 Å². The number of aliphatic hydroxyl groups excluding tert-OH is 2. The van der Waals surface area contributed by atoms with Crippen molar-refractivity contribution in [1.82, 2.24) is 4.90 Å². The van der Waals surface area contributed by atoms with Gasteiger partial charge in [-0.2, -0.15) is 0 Å². The van der Waals surface area contributed by atoms with Gasteiger partial charge in [0.1, 0.15) is 29.2 Å².